The minimum atomic E-state index is 0.581. The summed E-state index contributed by atoms with van der Waals surface area (Å²) in [5.41, 5.74) is 3.98. The molecule has 0 heterocycles. The van der Waals surface area contributed by atoms with E-state index in [0.717, 1.165) is 12.6 Å². The van der Waals surface area contributed by atoms with Crippen LogP contribution in [0.3, 0.4) is 0 Å². The van der Waals surface area contributed by atoms with Crippen LogP contribution in [0.2, 0.25) is 0 Å². The predicted octanol–water partition coefficient (Wildman–Crippen LogP) is 3.62. The van der Waals surface area contributed by atoms with Crippen molar-refractivity contribution in [2.24, 2.45) is 5.92 Å². The normalized spacial score (nSPS) is 16.1. The molecule has 1 aliphatic carbocycles. The summed E-state index contributed by atoms with van der Waals surface area (Å²) >= 11 is 0. The average molecular weight is 259 g/mol. The fraction of sp³-hybridized carbons (Fsp3) is 0.529. The van der Waals surface area contributed by atoms with Crippen LogP contribution in [0.1, 0.15) is 37.8 Å². The molecule has 0 atom stereocenters. The van der Waals surface area contributed by atoms with Gasteiger partial charge in [-0.2, -0.15) is 0 Å². The first-order chi connectivity index (χ1) is 9.19. The summed E-state index contributed by atoms with van der Waals surface area (Å²) < 4.78 is 5.19. The van der Waals surface area contributed by atoms with Gasteiger partial charge in [-0.25, -0.2) is 0 Å². The van der Waals surface area contributed by atoms with E-state index in [-0.39, 0.29) is 0 Å². The van der Waals surface area contributed by atoms with Gasteiger partial charge in [-0.05, 0) is 36.0 Å². The first kappa shape index (κ1) is 14.3. The maximum atomic E-state index is 5.19. The summed E-state index contributed by atoms with van der Waals surface area (Å²) in [5, 5.41) is 3.61. The Labute approximate surface area is 116 Å². The largest absolute Gasteiger partial charge is 0.380 e. The third-order valence-corrected chi connectivity index (χ3v) is 3.53. The average Bonchev–Trinajstić information content (AvgIpc) is 3.19. The van der Waals surface area contributed by atoms with Crippen molar-refractivity contribution >= 4 is 6.08 Å². The lowest BCUT2D eigenvalue weighted by molar-refractivity contribution is 0.185. The first-order valence-corrected chi connectivity index (χ1v) is 7.20. The Bertz CT molecular complexity index is 433. The lowest BCUT2D eigenvalue weighted by Gasteiger charge is -2.13. The Kier molecular flexibility index (Phi) is 5.17. The highest BCUT2D eigenvalue weighted by Crippen LogP contribution is 2.21. The van der Waals surface area contributed by atoms with Crippen LogP contribution in [0.15, 0.2) is 29.8 Å². The van der Waals surface area contributed by atoms with Crippen molar-refractivity contribution in [3.05, 3.63) is 41.0 Å². The maximum absolute atomic E-state index is 5.19. The zero-order chi connectivity index (χ0) is 13.7. The molecule has 0 aliphatic heterocycles. The molecule has 0 radical (unpaired) electrons. The van der Waals surface area contributed by atoms with Gasteiger partial charge >= 0.3 is 0 Å². The SMILES string of the molecule is COCc1cccc(C=C(CNC2CC2)C(C)C)c1. The molecule has 0 aromatic heterocycles. The van der Waals surface area contributed by atoms with Gasteiger partial charge < -0.3 is 10.1 Å². The second-order valence-corrected chi connectivity index (χ2v) is 5.71. The zero-order valence-corrected chi connectivity index (χ0v) is 12.3. The van der Waals surface area contributed by atoms with E-state index in [1.165, 1.54) is 29.5 Å². The summed E-state index contributed by atoms with van der Waals surface area (Å²) in [6.45, 7) is 6.22. The smallest absolute Gasteiger partial charge is 0.0713 e. The standard InChI is InChI=1S/C17H25NO/c1-13(2)16(11-18-17-7-8-17)10-14-5-4-6-15(9-14)12-19-3/h4-6,9-10,13,17-18H,7-8,11-12H2,1-3H3. The highest BCUT2D eigenvalue weighted by molar-refractivity contribution is 5.54. The summed E-state index contributed by atoms with van der Waals surface area (Å²) in [5.74, 6) is 0.581. The Morgan fingerprint density at radius 3 is 2.84 bits per heavy atom. The number of benzene rings is 1. The molecule has 0 saturated heterocycles. The molecule has 2 nitrogen and oxygen atoms in total. The molecule has 19 heavy (non-hydrogen) atoms. The minimum absolute atomic E-state index is 0.581. The summed E-state index contributed by atoms with van der Waals surface area (Å²) in [6, 6.07) is 9.36. The topological polar surface area (TPSA) is 21.3 Å². The third kappa shape index (κ3) is 4.81. The molecule has 1 N–H and O–H groups in total. The Balaban J connectivity index is 2.07. The van der Waals surface area contributed by atoms with Gasteiger partial charge in [0, 0.05) is 19.7 Å². The molecule has 1 fully saturated rings. The van der Waals surface area contributed by atoms with Crippen molar-refractivity contribution in [3.8, 4) is 0 Å². The van der Waals surface area contributed by atoms with Crippen molar-refractivity contribution in [1.82, 2.24) is 5.32 Å². The molecule has 1 aliphatic rings. The quantitative estimate of drug-likeness (QED) is 0.807. The van der Waals surface area contributed by atoms with Crippen LogP contribution in [-0.2, 0) is 11.3 Å². The van der Waals surface area contributed by atoms with E-state index in [4.69, 9.17) is 4.74 Å². The lowest BCUT2D eigenvalue weighted by atomic mass is 9.99. The molecule has 0 spiro atoms. The highest BCUT2D eigenvalue weighted by Gasteiger charge is 2.20. The molecular weight excluding hydrogens is 234 g/mol. The summed E-state index contributed by atoms with van der Waals surface area (Å²) in [6.07, 6.45) is 5.00. The van der Waals surface area contributed by atoms with Gasteiger partial charge in [0.25, 0.3) is 0 Å². The van der Waals surface area contributed by atoms with E-state index in [1.807, 2.05) is 0 Å². The second kappa shape index (κ2) is 6.88. The van der Waals surface area contributed by atoms with E-state index in [0.29, 0.717) is 12.5 Å². The molecule has 0 amide bonds. The van der Waals surface area contributed by atoms with E-state index in [1.54, 1.807) is 7.11 Å². The van der Waals surface area contributed by atoms with Crippen molar-refractivity contribution in [2.75, 3.05) is 13.7 Å². The first-order valence-electron chi connectivity index (χ1n) is 7.20. The van der Waals surface area contributed by atoms with E-state index in [9.17, 15) is 0 Å². The van der Waals surface area contributed by atoms with Crippen LogP contribution in [-0.4, -0.2) is 19.7 Å². The van der Waals surface area contributed by atoms with Crippen LogP contribution in [0, 0.1) is 5.92 Å². The van der Waals surface area contributed by atoms with Crippen LogP contribution in [0.5, 0.6) is 0 Å². The van der Waals surface area contributed by atoms with Crippen LogP contribution < -0.4 is 5.32 Å². The monoisotopic (exact) mass is 259 g/mol. The minimum Gasteiger partial charge on any atom is -0.380 e. The van der Waals surface area contributed by atoms with Crippen LogP contribution in [0.4, 0.5) is 0 Å². The molecule has 1 saturated carbocycles. The maximum Gasteiger partial charge on any atom is 0.0713 e. The number of hydrogen-bond donors (Lipinski definition) is 1. The number of methoxy groups -OCH3 is 1. The van der Waals surface area contributed by atoms with Crippen molar-refractivity contribution in [1.29, 1.82) is 0 Å². The van der Waals surface area contributed by atoms with Gasteiger partial charge in [0.15, 0.2) is 0 Å². The Morgan fingerprint density at radius 1 is 1.42 bits per heavy atom. The second-order valence-electron chi connectivity index (χ2n) is 5.71. The summed E-state index contributed by atoms with van der Waals surface area (Å²) in [4.78, 5) is 0. The Morgan fingerprint density at radius 2 is 2.21 bits per heavy atom. The predicted molar refractivity (Wildman–Crippen MR) is 81.0 cm³/mol. The van der Waals surface area contributed by atoms with Gasteiger partial charge in [0.05, 0.1) is 6.61 Å². The van der Waals surface area contributed by atoms with Gasteiger partial charge in [-0.3, -0.25) is 0 Å². The van der Waals surface area contributed by atoms with Gasteiger partial charge in [0.1, 0.15) is 0 Å². The van der Waals surface area contributed by atoms with Gasteiger partial charge in [-0.15, -0.1) is 0 Å². The molecule has 2 heteroatoms. The van der Waals surface area contributed by atoms with Crippen molar-refractivity contribution in [2.45, 2.75) is 39.3 Å². The lowest BCUT2D eigenvalue weighted by Crippen LogP contribution is -2.21. The fourth-order valence-electron chi connectivity index (χ4n) is 2.12. The fourth-order valence-corrected chi connectivity index (χ4v) is 2.12. The van der Waals surface area contributed by atoms with Gasteiger partial charge in [-0.1, -0.05) is 43.7 Å². The summed E-state index contributed by atoms with van der Waals surface area (Å²) in [7, 11) is 1.74. The van der Waals surface area contributed by atoms with E-state index < -0.39 is 0 Å². The number of hydrogen-bond acceptors (Lipinski definition) is 2. The van der Waals surface area contributed by atoms with E-state index >= 15 is 0 Å². The zero-order valence-electron chi connectivity index (χ0n) is 12.3. The van der Waals surface area contributed by atoms with Gasteiger partial charge in [0.2, 0.25) is 0 Å². The Hall–Kier alpha value is -1.12. The molecule has 1 aromatic carbocycles. The molecule has 0 unspecified atom stereocenters. The van der Waals surface area contributed by atoms with Crippen LogP contribution >= 0.6 is 0 Å². The molecule has 2 rings (SSSR count). The number of ether oxygens (including phenoxy) is 1. The van der Waals surface area contributed by atoms with E-state index in [2.05, 4.69) is 49.5 Å². The molecular formula is C17H25NO. The third-order valence-electron chi connectivity index (χ3n) is 3.53. The number of nitrogens with one attached hydrogen (secondary N) is 1. The highest BCUT2D eigenvalue weighted by atomic mass is 16.5. The van der Waals surface area contributed by atoms with Crippen molar-refractivity contribution in [3.63, 3.8) is 0 Å². The number of rotatable bonds is 7. The van der Waals surface area contributed by atoms with Crippen LogP contribution in [0.25, 0.3) is 6.08 Å². The van der Waals surface area contributed by atoms with Crippen molar-refractivity contribution < 1.29 is 4.74 Å². The molecule has 1 aromatic rings. The molecule has 104 valence electrons. The molecule has 0 bridgehead atoms.